The molecule has 0 aliphatic heterocycles. The topological polar surface area (TPSA) is 29.3 Å². The lowest BCUT2D eigenvalue weighted by Gasteiger charge is -2.23. The van der Waals surface area contributed by atoms with E-state index in [9.17, 15) is 4.39 Å². The van der Waals surface area contributed by atoms with Crippen molar-refractivity contribution >= 4 is 38.8 Å². The Hall–Kier alpha value is -1.46. The molecule has 0 radical (unpaired) electrons. The standard InChI is InChI=1S/C15H14BrFN2S/c1-19(9-10-5-2-3-6-11(10)16)13-8-4-7-12(17)14(13)15(18)20/h2-8H,9H2,1H3,(H2,18,20). The predicted molar refractivity (Wildman–Crippen MR) is 88.5 cm³/mol. The Morgan fingerprint density at radius 1 is 1.25 bits per heavy atom. The quantitative estimate of drug-likeness (QED) is 0.847. The second-order valence-corrected chi connectivity index (χ2v) is 5.74. The van der Waals surface area contributed by atoms with E-state index in [0.29, 0.717) is 12.2 Å². The second-order valence-electron chi connectivity index (χ2n) is 4.45. The molecule has 0 aliphatic rings. The molecule has 0 aromatic heterocycles. The van der Waals surface area contributed by atoms with Crippen LogP contribution < -0.4 is 10.6 Å². The molecule has 2 aromatic rings. The summed E-state index contributed by atoms with van der Waals surface area (Å²) in [4.78, 5) is 1.99. The molecule has 0 spiro atoms. The molecule has 0 fully saturated rings. The Kier molecular flexibility index (Phi) is 4.73. The maximum Gasteiger partial charge on any atom is 0.135 e. The molecule has 0 saturated carbocycles. The zero-order valence-corrected chi connectivity index (χ0v) is 13.3. The summed E-state index contributed by atoms with van der Waals surface area (Å²) in [6, 6.07) is 12.7. The number of anilines is 1. The minimum absolute atomic E-state index is 0.0667. The number of nitrogens with zero attached hydrogens (tertiary/aromatic N) is 1. The van der Waals surface area contributed by atoms with Gasteiger partial charge in [0.05, 0.1) is 5.56 Å². The van der Waals surface area contributed by atoms with Crippen molar-refractivity contribution < 1.29 is 4.39 Å². The summed E-state index contributed by atoms with van der Waals surface area (Å²) in [5.74, 6) is -0.394. The maximum atomic E-state index is 13.9. The number of thiocarbonyl (C=S) groups is 1. The van der Waals surface area contributed by atoms with Gasteiger partial charge in [-0.15, -0.1) is 0 Å². The van der Waals surface area contributed by atoms with Crippen molar-refractivity contribution in [2.75, 3.05) is 11.9 Å². The molecule has 0 aliphatic carbocycles. The summed E-state index contributed by atoms with van der Waals surface area (Å²) in [7, 11) is 1.88. The smallest absolute Gasteiger partial charge is 0.135 e. The third-order valence-electron chi connectivity index (χ3n) is 3.01. The Labute approximate surface area is 131 Å². The van der Waals surface area contributed by atoms with Gasteiger partial charge in [0.2, 0.25) is 0 Å². The van der Waals surface area contributed by atoms with E-state index in [-0.39, 0.29) is 10.6 Å². The van der Waals surface area contributed by atoms with Gasteiger partial charge in [0.1, 0.15) is 10.8 Å². The molecule has 20 heavy (non-hydrogen) atoms. The third kappa shape index (κ3) is 3.16. The SMILES string of the molecule is CN(Cc1ccccc1Br)c1cccc(F)c1C(N)=S. The van der Waals surface area contributed by atoms with Crippen LogP contribution in [0.1, 0.15) is 11.1 Å². The summed E-state index contributed by atoms with van der Waals surface area (Å²) >= 11 is 8.46. The van der Waals surface area contributed by atoms with E-state index in [1.165, 1.54) is 6.07 Å². The fourth-order valence-corrected chi connectivity index (χ4v) is 2.65. The Morgan fingerprint density at radius 3 is 2.60 bits per heavy atom. The monoisotopic (exact) mass is 352 g/mol. The lowest BCUT2D eigenvalue weighted by Crippen LogP contribution is -2.22. The fourth-order valence-electron chi connectivity index (χ4n) is 2.04. The molecule has 2 N–H and O–H groups in total. The molecule has 2 aromatic carbocycles. The highest BCUT2D eigenvalue weighted by atomic mass is 79.9. The van der Waals surface area contributed by atoms with Crippen molar-refractivity contribution in [2.24, 2.45) is 5.73 Å². The van der Waals surface area contributed by atoms with E-state index in [2.05, 4.69) is 15.9 Å². The van der Waals surface area contributed by atoms with Crippen LogP contribution in [0.4, 0.5) is 10.1 Å². The Balaban J connectivity index is 2.35. The molecule has 5 heteroatoms. The summed E-state index contributed by atoms with van der Waals surface area (Å²) in [6.45, 7) is 0.625. The van der Waals surface area contributed by atoms with Gasteiger partial charge in [0.15, 0.2) is 0 Å². The lowest BCUT2D eigenvalue weighted by molar-refractivity contribution is 0.624. The van der Waals surface area contributed by atoms with E-state index in [1.54, 1.807) is 6.07 Å². The molecule has 0 atom stereocenters. The summed E-state index contributed by atoms with van der Waals surface area (Å²) < 4.78 is 14.9. The molecule has 0 unspecified atom stereocenters. The molecule has 0 amide bonds. The molecule has 0 bridgehead atoms. The number of hydrogen-bond donors (Lipinski definition) is 1. The van der Waals surface area contributed by atoms with Crippen molar-refractivity contribution in [1.29, 1.82) is 0 Å². The van der Waals surface area contributed by atoms with E-state index in [0.717, 1.165) is 10.0 Å². The van der Waals surface area contributed by atoms with Crippen LogP contribution in [0.5, 0.6) is 0 Å². The van der Waals surface area contributed by atoms with Gasteiger partial charge >= 0.3 is 0 Å². The number of hydrogen-bond acceptors (Lipinski definition) is 2. The van der Waals surface area contributed by atoms with Crippen molar-refractivity contribution in [2.45, 2.75) is 6.54 Å². The van der Waals surface area contributed by atoms with E-state index in [4.69, 9.17) is 18.0 Å². The highest BCUT2D eigenvalue weighted by Crippen LogP contribution is 2.25. The van der Waals surface area contributed by atoms with E-state index < -0.39 is 5.82 Å². The molecular weight excluding hydrogens is 339 g/mol. The van der Waals surface area contributed by atoms with Gasteiger partial charge in [0, 0.05) is 23.8 Å². The average Bonchev–Trinajstić information content (AvgIpc) is 2.40. The van der Waals surface area contributed by atoms with Gasteiger partial charge in [-0.25, -0.2) is 4.39 Å². The fraction of sp³-hybridized carbons (Fsp3) is 0.133. The highest BCUT2D eigenvalue weighted by Gasteiger charge is 2.15. The molecule has 2 rings (SSSR count). The second kappa shape index (κ2) is 6.33. The van der Waals surface area contributed by atoms with Gasteiger partial charge in [0.25, 0.3) is 0 Å². The van der Waals surface area contributed by atoms with Gasteiger partial charge in [-0.2, -0.15) is 0 Å². The molecule has 0 heterocycles. The number of nitrogens with two attached hydrogens (primary N) is 1. The van der Waals surface area contributed by atoms with Gasteiger partial charge in [-0.05, 0) is 23.8 Å². The van der Waals surface area contributed by atoms with Crippen LogP contribution in [-0.4, -0.2) is 12.0 Å². The van der Waals surface area contributed by atoms with Crippen LogP contribution in [0, 0.1) is 5.82 Å². The number of rotatable bonds is 4. The molecular formula is C15H14BrFN2S. The minimum Gasteiger partial charge on any atom is -0.389 e. The van der Waals surface area contributed by atoms with Crippen LogP contribution in [0.15, 0.2) is 46.9 Å². The van der Waals surface area contributed by atoms with Crippen LogP contribution in [-0.2, 0) is 6.54 Å². The van der Waals surface area contributed by atoms with Crippen molar-refractivity contribution in [3.8, 4) is 0 Å². The Bertz CT molecular complexity index is 646. The average molecular weight is 353 g/mol. The van der Waals surface area contributed by atoms with E-state index >= 15 is 0 Å². The molecule has 0 saturated heterocycles. The van der Waals surface area contributed by atoms with Crippen LogP contribution in [0.2, 0.25) is 0 Å². The van der Waals surface area contributed by atoms with Crippen molar-refractivity contribution in [1.82, 2.24) is 0 Å². The van der Waals surface area contributed by atoms with Crippen LogP contribution in [0.3, 0.4) is 0 Å². The molecule has 104 valence electrons. The van der Waals surface area contributed by atoms with E-state index in [1.807, 2.05) is 42.3 Å². The summed E-state index contributed by atoms with van der Waals surface area (Å²) in [6.07, 6.45) is 0. The van der Waals surface area contributed by atoms with Crippen molar-refractivity contribution in [3.05, 3.63) is 63.9 Å². The Morgan fingerprint density at radius 2 is 1.95 bits per heavy atom. The number of halogens is 2. The van der Waals surface area contributed by atoms with Gasteiger partial charge < -0.3 is 10.6 Å². The maximum absolute atomic E-state index is 13.9. The zero-order chi connectivity index (χ0) is 14.7. The predicted octanol–water partition coefficient (Wildman–Crippen LogP) is 3.86. The highest BCUT2D eigenvalue weighted by molar-refractivity contribution is 9.10. The first-order valence-electron chi connectivity index (χ1n) is 6.03. The first kappa shape index (κ1) is 14.9. The van der Waals surface area contributed by atoms with Crippen LogP contribution >= 0.6 is 28.1 Å². The first-order chi connectivity index (χ1) is 9.50. The van der Waals surface area contributed by atoms with Crippen molar-refractivity contribution in [3.63, 3.8) is 0 Å². The normalized spacial score (nSPS) is 10.3. The van der Waals surface area contributed by atoms with Gasteiger partial charge in [-0.1, -0.05) is 52.4 Å². The first-order valence-corrected chi connectivity index (χ1v) is 7.23. The summed E-state index contributed by atoms with van der Waals surface area (Å²) in [5.41, 5.74) is 7.71. The largest absolute Gasteiger partial charge is 0.389 e. The zero-order valence-electron chi connectivity index (χ0n) is 10.9. The van der Waals surface area contributed by atoms with Gasteiger partial charge in [-0.3, -0.25) is 0 Å². The third-order valence-corrected chi connectivity index (χ3v) is 3.99. The lowest BCUT2D eigenvalue weighted by atomic mass is 10.1. The van der Waals surface area contributed by atoms with Crippen LogP contribution in [0.25, 0.3) is 0 Å². The minimum atomic E-state index is -0.394. The summed E-state index contributed by atoms with van der Waals surface area (Å²) in [5, 5.41) is 0. The number of benzene rings is 2. The molecule has 2 nitrogen and oxygen atoms in total.